The van der Waals surface area contributed by atoms with Gasteiger partial charge in [0.05, 0.1) is 0 Å². The van der Waals surface area contributed by atoms with Crippen molar-refractivity contribution in [1.29, 1.82) is 0 Å². The van der Waals surface area contributed by atoms with Crippen molar-refractivity contribution < 1.29 is 4.79 Å². The van der Waals surface area contributed by atoms with Gasteiger partial charge in [-0.2, -0.15) is 0 Å². The van der Waals surface area contributed by atoms with E-state index in [1.165, 1.54) is 17.8 Å². The number of hydrogen-bond acceptors (Lipinski definition) is 2. The second-order valence-corrected chi connectivity index (χ2v) is 5.92. The number of rotatable bonds is 2. The molecular formula is C12H16BrNOS. The van der Waals surface area contributed by atoms with Gasteiger partial charge in [-0.1, -0.05) is 6.92 Å². The topological polar surface area (TPSA) is 20.3 Å². The number of thiophene rings is 1. The summed E-state index contributed by atoms with van der Waals surface area (Å²) in [7, 11) is 0. The lowest BCUT2D eigenvalue weighted by molar-refractivity contribution is 0.0612. The van der Waals surface area contributed by atoms with E-state index >= 15 is 0 Å². The molecule has 16 heavy (non-hydrogen) atoms. The van der Waals surface area contributed by atoms with E-state index in [1.807, 2.05) is 11.4 Å². The number of carbonyl (C=O) groups excluding carboxylic acids is 1. The van der Waals surface area contributed by atoms with Crippen LogP contribution in [-0.2, 0) is 0 Å². The lowest BCUT2D eigenvalue weighted by Gasteiger charge is -2.35. The quantitative estimate of drug-likeness (QED) is 0.811. The van der Waals surface area contributed by atoms with Crippen LogP contribution in [0.4, 0.5) is 0 Å². The van der Waals surface area contributed by atoms with Gasteiger partial charge in [-0.25, -0.2) is 0 Å². The number of halogens is 1. The Hall–Kier alpha value is -0.350. The summed E-state index contributed by atoms with van der Waals surface area (Å²) in [6, 6.07) is 2.39. The Kier molecular flexibility index (Phi) is 4.03. The van der Waals surface area contributed by atoms with Crippen LogP contribution in [0.2, 0.25) is 0 Å². The van der Waals surface area contributed by atoms with E-state index < -0.39 is 0 Å². The van der Waals surface area contributed by atoms with E-state index in [-0.39, 0.29) is 5.91 Å². The molecule has 2 nitrogen and oxygen atoms in total. The third kappa shape index (κ3) is 2.33. The van der Waals surface area contributed by atoms with Crippen LogP contribution in [-0.4, -0.2) is 23.4 Å². The third-order valence-electron chi connectivity index (χ3n) is 3.17. The van der Waals surface area contributed by atoms with Crippen LogP contribution in [0.5, 0.6) is 0 Å². The fourth-order valence-electron chi connectivity index (χ4n) is 2.27. The largest absolute Gasteiger partial charge is 0.335 e. The normalized spacial score (nSPS) is 21.1. The van der Waals surface area contributed by atoms with Gasteiger partial charge in [0.1, 0.15) is 4.88 Å². The Bertz CT molecular complexity index is 377. The minimum atomic E-state index is 0.202. The van der Waals surface area contributed by atoms with Gasteiger partial charge in [-0.05, 0) is 53.1 Å². The summed E-state index contributed by atoms with van der Waals surface area (Å²) in [4.78, 5) is 15.3. The first-order chi connectivity index (χ1) is 7.74. The maximum atomic E-state index is 12.4. The molecule has 1 unspecified atom stereocenters. The molecule has 1 aromatic rings. The fourth-order valence-corrected chi connectivity index (χ4v) is 3.77. The van der Waals surface area contributed by atoms with Gasteiger partial charge in [0.15, 0.2) is 0 Å². The molecule has 0 saturated carbocycles. The van der Waals surface area contributed by atoms with Crippen molar-refractivity contribution in [1.82, 2.24) is 4.90 Å². The average Bonchev–Trinajstić information content (AvgIpc) is 2.74. The molecule has 1 amide bonds. The highest BCUT2D eigenvalue weighted by Gasteiger charge is 2.27. The minimum Gasteiger partial charge on any atom is -0.335 e. The minimum absolute atomic E-state index is 0.202. The van der Waals surface area contributed by atoms with E-state index in [4.69, 9.17) is 0 Å². The number of amides is 1. The second-order valence-electron chi connectivity index (χ2n) is 4.15. The van der Waals surface area contributed by atoms with E-state index in [9.17, 15) is 4.79 Å². The molecule has 0 aliphatic carbocycles. The first-order valence-electron chi connectivity index (χ1n) is 5.78. The zero-order valence-electron chi connectivity index (χ0n) is 9.41. The van der Waals surface area contributed by atoms with Crippen molar-refractivity contribution in [2.75, 3.05) is 6.54 Å². The highest BCUT2D eigenvalue weighted by Crippen LogP contribution is 2.28. The summed E-state index contributed by atoms with van der Waals surface area (Å²) in [6.07, 6.45) is 4.62. The van der Waals surface area contributed by atoms with Crippen molar-refractivity contribution >= 4 is 33.2 Å². The van der Waals surface area contributed by atoms with E-state index in [1.54, 1.807) is 0 Å². The average molecular weight is 302 g/mol. The second kappa shape index (κ2) is 5.32. The summed E-state index contributed by atoms with van der Waals surface area (Å²) in [6.45, 7) is 3.08. The summed E-state index contributed by atoms with van der Waals surface area (Å²) >= 11 is 4.96. The van der Waals surface area contributed by atoms with Gasteiger partial charge in [0, 0.05) is 17.1 Å². The molecular weight excluding hydrogens is 286 g/mol. The number of likely N-dealkylation sites (tertiary alicyclic amines) is 1. The van der Waals surface area contributed by atoms with Crippen LogP contribution in [0.25, 0.3) is 0 Å². The van der Waals surface area contributed by atoms with E-state index in [0.29, 0.717) is 6.04 Å². The summed E-state index contributed by atoms with van der Waals surface area (Å²) in [5, 5.41) is 1.96. The van der Waals surface area contributed by atoms with Gasteiger partial charge in [-0.3, -0.25) is 4.79 Å². The maximum Gasteiger partial charge on any atom is 0.265 e. The molecule has 2 heterocycles. The molecule has 1 aliphatic heterocycles. The predicted molar refractivity (Wildman–Crippen MR) is 71.0 cm³/mol. The summed E-state index contributed by atoms with van der Waals surface area (Å²) in [5.74, 6) is 0.202. The van der Waals surface area contributed by atoms with Crippen LogP contribution < -0.4 is 0 Å². The monoisotopic (exact) mass is 301 g/mol. The van der Waals surface area contributed by atoms with Crippen molar-refractivity contribution in [3.63, 3.8) is 0 Å². The SMILES string of the molecule is CCC1CCCCN1C(=O)c1sccc1Br. The van der Waals surface area contributed by atoms with Crippen molar-refractivity contribution in [2.24, 2.45) is 0 Å². The molecule has 2 rings (SSSR count). The van der Waals surface area contributed by atoms with Crippen LogP contribution in [0.3, 0.4) is 0 Å². The standard InChI is InChI=1S/C12H16BrNOS/c1-2-9-5-3-4-7-14(9)12(15)11-10(13)6-8-16-11/h6,8-9H,2-5,7H2,1H3. The number of carbonyl (C=O) groups is 1. The molecule has 1 aliphatic rings. The first kappa shape index (κ1) is 12.1. The highest BCUT2D eigenvalue weighted by molar-refractivity contribution is 9.10. The maximum absolute atomic E-state index is 12.4. The lowest BCUT2D eigenvalue weighted by Crippen LogP contribution is -2.43. The van der Waals surface area contributed by atoms with E-state index in [0.717, 1.165) is 35.2 Å². The number of piperidine rings is 1. The third-order valence-corrected chi connectivity index (χ3v) is 5.00. The summed E-state index contributed by atoms with van der Waals surface area (Å²) < 4.78 is 0.933. The molecule has 88 valence electrons. The van der Waals surface area contributed by atoms with Crippen molar-refractivity contribution in [3.8, 4) is 0 Å². The number of hydrogen-bond donors (Lipinski definition) is 0. The molecule has 0 N–H and O–H groups in total. The van der Waals surface area contributed by atoms with Gasteiger partial charge < -0.3 is 4.90 Å². The van der Waals surface area contributed by atoms with Gasteiger partial charge >= 0.3 is 0 Å². The molecule has 0 spiro atoms. The zero-order valence-corrected chi connectivity index (χ0v) is 11.8. The number of nitrogens with zero attached hydrogens (tertiary/aromatic N) is 1. The van der Waals surface area contributed by atoms with Crippen LogP contribution in [0, 0.1) is 0 Å². The van der Waals surface area contributed by atoms with Crippen molar-refractivity contribution in [3.05, 3.63) is 20.8 Å². The smallest absolute Gasteiger partial charge is 0.265 e. The van der Waals surface area contributed by atoms with Crippen LogP contribution in [0.1, 0.15) is 42.3 Å². The summed E-state index contributed by atoms with van der Waals surface area (Å²) in [5.41, 5.74) is 0. The van der Waals surface area contributed by atoms with Crippen LogP contribution >= 0.6 is 27.3 Å². The molecule has 4 heteroatoms. The molecule has 1 saturated heterocycles. The Morgan fingerprint density at radius 1 is 1.62 bits per heavy atom. The molecule has 1 fully saturated rings. The Balaban J connectivity index is 2.17. The Morgan fingerprint density at radius 2 is 2.44 bits per heavy atom. The Labute approximate surface area is 109 Å². The molecule has 0 bridgehead atoms. The predicted octanol–water partition coefficient (Wildman–Crippen LogP) is 3.92. The molecule has 1 atom stereocenters. The molecule has 0 radical (unpaired) electrons. The highest BCUT2D eigenvalue weighted by atomic mass is 79.9. The first-order valence-corrected chi connectivity index (χ1v) is 7.45. The van der Waals surface area contributed by atoms with Crippen molar-refractivity contribution in [2.45, 2.75) is 38.6 Å². The molecule has 1 aromatic heterocycles. The lowest BCUT2D eigenvalue weighted by atomic mass is 10.00. The van der Waals surface area contributed by atoms with Gasteiger partial charge in [0.2, 0.25) is 0 Å². The van der Waals surface area contributed by atoms with E-state index in [2.05, 4.69) is 27.8 Å². The Morgan fingerprint density at radius 3 is 3.06 bits per heavy atom. The zero-order chi connectivity index (χ0) is 11.5. The fraction of sp³-hybridized carbons (Fsp3) is 0.583. The van der Waals surface area contributed by atoms with Gasteiger partial charge in [0.25, 0.3) is 5.91 Å². The van der Waals surface area contributed by atoms with Gasteiger partial charge in [-0.15, -0.1) is 11.3 Å². The molecule has 0 aromatic carbocycles. The van der Waals surface area contributed by atoms with Crippen LogP contribution in [0.15, 0.2) is 15.9 Å².